The van der Waals surface area contributed by atoms with Gasteiger partial charge in [-0.25, -0.2) is 0 Å². The number of anilines is 1. The van der Waals surface area contributed by atoms with Gasteiger partial charge in [0, 0.05) is 6.61 Å². The van der Waals surface area contributed by atoms with Gasteiger partial charge >= 0.3 is 6.01 Å². The summed E-state index contributed by atoms with van der Waals surface area (Å²) in [5, 5.41) is 13.5. The van der Waals surface area contributed by atoms with Crippen molar-refractivity contribution in [2.75, 3.05) is 25.1 Å². The number of hydrogen-bond donors (Lipinski definition) is 2. The molecule has 1 aromatic heterocycles. The highest BCUT2D eigenvalue weighted by Gasteiger charge is 2.22. The second-order valence-corrected chi connectivity index (χ2v) is 4.09. The third-order valence-corrected chi connectivity index (χ3v) is 2.72. The van der Waals surface area contributed by atoms with Crippen LogP contribution in [0.2, 0.25) is 0 Å². The van der Waals surface area contributed by atoms with Crippen molar-refractivity contribution >= 4 is 11.9 Å². The van der Waals surface area contributed by atoms with Gasteiger partial charge in [0.25, 0.3) is 0 Å². The number of nitrogens with one attached hydrogen (secondary N) is 2. The minimum Gasteiger partial charge on any atom is -0.406 e. The van der Waals surface area contributed by atoms with E-state index in [4.69, 9.17) is 9.15 Å². The fourth-order valence-electron chi connectivity index (χ4n) is 1.81. The van der Waals surface area contributed by atoms with Gasteiger partial charge in [-0.1, -0.05) is 5.10 Å². The first-order chi connectivity index (χ1) is 8.79. The number of nitrogens with zero attached hydrogens (tertiary/aromatic N) is 2. The first kappa shape index (κ1) is 13.0. The molecule has 0 saturated carbocycles. The molecule has 0 bridgehead atoms. The van der Waals surface area contributed by atoms with E-state index in [-0.39, 0.29) is 24.4 Å². The Morgan fingerprint density at radius 2 is 2.50 bits per heavy atom. The molecule has 1 atom stereocenters. The van der Waals surface area contributed by atoms with Crippen molar-refractivity contribution < 1.29 is 13.9 Å². The molecule has 0 radical (unpaired) electrons. The molecule has 2 heterocycles. The zero-order chi connectivity index (χ0) is 12.8. The monoisotopic (exact) mass is 254 g/mol. The van der Waals surface area contributed by atoms with Crippen LogP contribution < -0.4 is 10.6 Å². The summed E-state index contributed by atoms with van der Waals surface area (Å²) in [6.45, 7) is 3.85. The normalized spacial score (nSPS) is 19.1. The minimum atomic E-state index is -0.182. The average Bonchev–Trinajstić information content (AvgIpc) is 2.98. The lowest BCUT2D eigenvalue weighted by molar-refractivity contribution is -0.117. The number of hydrogen-bond acceptors (Lipinski definition) is 6. The maximum Gasteiger partial charge on any atom is 0.322 e. The SMILES string of the molecule is CCOCCC(=O)Nc1nnc(C2CCCN2)o1. The molecule has 18 heavy (non-hydrogen) atoms. The van der Waals surface area contributed by atoms with Gasteiger partial charge in [0.1, 0.15) is 0 Å². The van der Waals surface area contributed by atoms with Crippen molar-refractivity contribution in [2.45, 2.75) is 32.2 Å². The van der Waals surface area contributed by atoms with Crippen molar-refractivity contribution in [1.82, 2.24) is 15.5 Å². The molecule has 0 spiro atoms. The fourth-order valence-corrected chi connectivity index (χ4v) is 1.81. The zero-order valence-electron chi connectivity index (χ0n) is 10.4. The van der Waals surface area contributed by atoms with Crippen LogP contribution >= 0.6 is 0 Å². The Labute approximate surface area is 105 Å². The van der Waals surface area contributed by atoms with Gasteiger partial charge in [-0.05, 0) is 26.3 Å². The van der Waals surface area contributed by atoms with Gasteiger partial charge in [0.05, 0.1) is 19.1 Å². The maximum atomic E-state index is 11.5. The Hall–Kier alpha value is -1.47. The van der Waals surface area contributed by atoms with Crippen molar-refractivity contribution in [3.63, 3.8) is 0 Å². The lowest BCUT2D eigenvalue weighted by atomic mass is 10.2. The molecule has 7 heteroatoms. The Kier molecular flexibility index (Phi) is 4.66. The predicted molar refractivity (Wildman–Crippen MR) is 64.0 cm³/mol. The number of aromatic nitrogens is 2. The molecule has 0 aromatic carbocycles. The van der Waals surface area contributed by atoms with Gasteiger partial charge in [0.2, 0.25) is 11.8 Å². The molecule has 1 aliphatic heterocycles. The standard InChI is InChI=1S/C11H18N4O3/c1-2-17-7-5-9(16)13-11-15-14-10(18-11)8-4-3-6-12-8/h8,12H,2-7H2,1H3,(H,13,15,16). The van der Waals surface area contributed by atoms with E-state index < -0.39 is 0 Å². The summed E-state index contributed by atoms with van der Waals surface area (Å²) in [6, 6.07) is 0.270. The van der Waals surface area contributed by atoms with Gasteiger partial charge in [-0.2, -0.15) is 0 Å². The summed E-state index contributed by atoms with van der Waals surface area (Å²) in [6.07, 6.45) is 2.37. The molecule has 0 aliphatic carbocycles. The van der Waals surface area contributed by atoms with Crippen LogP contribution in [-0.2, 0) is 9.53 Å². The Morgan fingerprint density at radius 1 is 1.61 bits per heavy atom. The molecule has 1 aromatic rings. The van der Waals surface area contributed by atoms with Crippen LogP contribution in [0.3, 0.4) is 0 Å². The van der Waals surface area contributed by atoms with Gasteiger partial charge in [-0.15, -0.1) is 5.10 Å². The Morgan fingerprint density at radius 3 is 3.22 bits per heavy atom. The zero-order valence-corrected chi connectivity index (χ0v) is 10.4. The Balaban J connectivity index is 1.80. The Bertz CT molecular complexity index is 387. The first-order valence-corrected chi connectivity index (χ1v) is 6.24. The molecule has 2 rings (SSSR count). The third kappa shape index (κ3) is 3.51. The summed E-state index contributed by atoms with van der Waals surface area (Å²) in [7, 11) is 0. The molecule has 1 aliphatic rings. The number of ether oxygens (including phenoxy) is 1. The van der Waals surface area contributed by atoms with Crippen LogP contribution in [0.1, 0.15) is 38.1 Å². The predicted octanol–water partition coefficient (Wildman–Crippen LogP) is 0.859. The molecular formula is C11H18N4O3. The smallest absolute Gasteiger partial charge is 0.322 e. The van der Waals surface area contributed by atoms with Crippen molar-refractivity contribution in [3.8, 4) is 0 Å². The molecule has 100 valence electrons. The second kappa shape index (κ2) is 6.46. The maximum absolute atomic E-state index is 11.5. The molecule has 1 saturated heterocycles. The lowest BCUT2D eigenvalue weighted by Crippen LogP contribution is -2.14. The molecule has 1 unspecified atom stereocenters. The van der Waals surface area contributed by atoms with Crippen molar-refractivity contribution in [1.29, 1.82) is 0 Å². The summed E-state index contributed by atoms with van der Waals surface area (Å²) < 4.78 is 10.5. The van der Waals surface area contributed by atoms with Gasteiger partial charge in [0.15, 0.2) is 0 Å². The molecule has 2 N–H and O–H groups in total. The largest absolute Gasteiger partial charge is 0.406 e. The summed E-state index contributed by atoms with van der Waals surface area (Å²) in [5.74, 6) is 0.352. The van der Waals surface area contributed by atoms with Crippen LogP contribution in [0.5, 0.6) is 0 Å². The number of carbonyl (C=O) groups is 1. The van der Waals surface area contributed by atoms with Crippen LogP contribution in [0.15, 0.2) is 4.42 Å². The number of amides is 1. The molecular weight excluding hydrogens is 236 g/mol. The quantitative estimate of drug-likeness (QED) is 0.732. The third-order valence-electron chi connectivity index (χ3n) is 2.72. The van der Waals surface area contributed by atoms with Gasteiger partial charge in [-0.3, -0.25) is 10.1 Å². The number of rotatable bonds is 6. The van der Waals surface area contributed by atoms with E-state index in [1.807, 2.05) is 6.92 Å². The van der Waals surface area contributed by atoms with E-state index in [9.17, 15) is 4.79 Å². The van der Waals surface area contributed by atoms with Crippen LogP contribution in [0, 0.1) is 0 Å². The highest BCUT2D eigenvalue weighted by atomic mass is 16.5. The first-order valence-electron chi connectivity index (χ1n) is 6.24. The van der Waals surface area contributed by atoms with E-state index >= 15 is 0 Å². The lowest BCUT2D eigenvalue weighted by Gasteiger charge is -2.03. The van der Waals surface area contributed by atoms with Crippen LogP contribution in [0.25, 0.3) is 0 Å². The molecule has 1 fully saturated rings. The summed E-state index contributed by atoms with van der Waals surface area (Å²) >= 11 is 0. The van der Waals surface area contributed by atoms with E-state index in [2.05, 4.69) is 20.8 Å². The number of carbonyl (C=O) groups excluding carboxylic acids is 1. The van der Waals surface area contributed by atoms with Crippen molar-refractivity contribution in [2.24, 2.45) is 0 Å². The van der Waals surface area contributed by atoms with Crippen LogP contribution in [-0.4, -0.2) is 35.9 Å². The fraction of sp³-hybridized carbons (Fsp3) is 0.727. The molecule has 7 nitrogen and oxygen atoms in total. The van der Waals surface area contributed by atoms with E-state index in [0.717, 1.165) is 19.4 Å². The van der Waals surface area contributed by atoms with Crippen molar-refractivity contribution in [3.05, 3.63) is 5.89 Å². The topological polar surface area (TPSA) is 89.3 Å². The van der Waals surface area contributed by atoms with Crippen LogP contribution in [0.4, 0.5) is 6.01 Å². The van der Waals surface area contributed by atoms with E-state index in [0.29, 0.717) is 19.1 Å². The summed E-state index contributed by atoms with van der Waals surface area (Å²) in [4.78, 5) is 11.5. The second-order valence-electron chi connectivity index (χ2n) is 4.09. The summed E-state index contributed by atoms with van der Waals surface area (Å²) in [5.41, 5.74) is 0. The average molecular weight is 254 g/mol. The van der Waals surface area contributed by atoms with Gasteiger partial charge < -0.3 is 14.5 Å². The van der Waals surface area contributed by atoms with E-state index in [1.54, 1.807) is 0 Å². The van der Waals surface area contributed by atoms with E-state index in [1.165, 1.54) is 0 Å². The molecule has 1 amide bonds. The highest BCUT2D eigenvalue weighted by Crippen LogP contribution is 2.22. The minimum absolute atomic E-state index is 0.117. The highest BCUT2D eigenvalue weighted by molar-refractivity contribution is 5.88.